The maximum Gasteiger partial charge on any atom is 0.240 e. The lowest BCUT2D eigenvalue weighted by Crippen LogP contribution is -2.30. The summed E-state index contributed by atoms with van der Waals surface area (Å²) in [5, 5.41) is 10.1. The minimum Gasteiger partial charge on any atom is -0.392 e. The zero-order valence-electron chi connectivity index (χ0n) is 12.0. The fourth-order valence-corrected chi connectivity index (χ4v) is 3.01. The second kappa shape index (κ2) is 6.03. The number of benzene rings is 1. The van der Waals surface area contributed by atoms with Gasteiger partial charge in [0.2, 0.25) is 10.0 Å². The molecule has 1 rings (SSSR count). The van der Waals surface area contributed by atoms with Crippen LogP contribution in [0.5, 0.6) is 0 Å². The van der Waals surface area contributed by atoms with E-state index < -0.39 is 16.1 Å². The Morgan fingerprint density at radius 3 is 2.37 bits per heavy atom. The molecule has 0 saturated carbocycles. The van der Waals surface area contributed by atoms with E-state index in [9.17, 15) is 13.5 Å². The summed E-state index contributed by atoms with van der Waals surface area (Å²) in [5.41, 5.74) is 0.362. The summed E-state index contributed by atoms with van der Waals surface area (Å²) < 4.78 is 26.7. The van der Waals surface area contributed by atoms with Crippen LogP contribution in [-0.2, 0) is 16.4 Å². The SMILES string of the molecule is CCNS(=O)(=O)c1ccccc1CC(O)C(C)(C)C. The molecule has 0 aliphatic rings. The van der Waals surface area contributed by atoms with Crippen molar-refractivity contribution >= 4 is 10.0 Å². The highest BCUT2D eigenvalue weighted by Gasteiger charge is 2.25. The Balaban J connectivity index is 3.11. The van der Waals surface area contributed by atoms with Crippen molar-refractivity contribution in [2.24, 2.45) is 5.41 Å². The van der Waals surface area contributed by atoms with E-state index >= 15 is 0 Å². The number of hydrogen-bond acceptors (Lipinski definition) is 3. The van der Waals surface area contributed by atoms with Gasteiger partial charge < -0.3 is 5.11 Å². The summed E-state index contributed by atoms with van der Waals surface area (Å²) in [7, 11) is -3.49. The lowest BCUT2D eigenvalue weighted by Gasteiger charge is -2.26. The Labute approximate surface area is 115 Å². The van der Waals surface area contributed by atoms with Crippen LogP contribution in [0.1, 0.15) is 33.3 Å². The highest BCUT2D eigenvalue weighted by Crippen LogP contribution is 2.25. The smallest absolute Gasteiger partial charge is 0.240 e. The van der Waals surface area contributed by atoms with E-state index in [1.54, 1.807) is 31.2 Å². The average molecular weight is 285 g/mol. The molecule has 5 heteroatoms. The normalized spacial score (nSPS) is 14.4. The molecule has 0 fully saturated rings. The Kier molecular flexibility index (Phi) is 5.12. The predicted molar refractivity (Wildman–Crippen MR) is 76.5 cm³/mol. The van der Waals surface area contributed by atoms with E-state index in [1.165, 1.54) is 0 Å². The van der Waals surface area contributed by atoms with Gasteiger partial charge in [-0.2, -0.15) is 0 Å². The van der Waals surface area contributed by atoms with Gasteiger partial charge in [-0.05, 0) is 17.0 Å². The molecule has 0 heterocycles. The second-order valence-electron chi connectivity index (χ2n) is 5.69. The van der Waals surface area contributed by atoms with E-state index in [4.69, 9.17) is 0 Å². The van der Waals surface area contributed by atoms with E-state index in [2.05, 4.69) is 4.72 Å². The maximum absolute atomic E-state index is 12.1. The summed E-state index contributed by atoms with van der Waals surface area (Å²) in [5.74, 6) is 0. The number of sulfonamides is 1. The molecule has 1 unspecified atom stereocenters. The molecular formula is C14H23NO3S. The molecule has 4 nitrogen and oxygen atoms in total. The number of aliphatic hydroxyl groups excluding tert-OH is 1. The van der Waals surface area contributed by atoms with Gasteiger partial charge in [0.05, 0.1) is 11.0 Å². The lowest BCUT2D eigenvalue weighted by atomic mass is 9.85. The van der Waals surface area contributed by atoms with E-state index in [0.717, 1.165) is 0 Å². The third-order valence-electron chi connectivity index (χ3n) is 3.01. The number of hydrogen-bond donors (Lipinski definition) is 2. The van der Waals surface area contributed by atoms with Gasteiger partial charge in [0.1, 0.15) is 0 Å². The van der Waals surface area contributed by atoms with E-state index in [0.29, 0.717) is 18.5 Å². The fourth-order valence-electron chi connectivity index (χ4n) is 1.72. The van der Waals surface area contributed by atoms with Crippen molar-refractivity contribution < 1.29 is 13.5 Å². The molecule has 1 atom stereocenters. The molecule has 108 valence electrons. The lowest BCUT2D eigenvalue weighted by molar-refractivity contribution is 0.0631. The zero-order chi connectivity index (χ0) is 14.7. The molecule has 0 radical (unpaired) electrons. The molecule has 0 aliphatic carbocycles. The Morgan fingerprint density at radius 1 is 1.26 bits per heavy atom. The molecule has 1 aromatic rings. The van der Waals surface area contributed by atoms with Crippen LogP contribution < -0.4 is 4.72 Å². The van der Waals surface area contributed by atoms with Crippen molar-refractivity contribution in [3.8, 4) is 0 Å². The molecular weight excluding hydrogens is 262 g/mol. The summed E-state index contributed by atoms with van der Waals surface area (Å²) in [6.07, 6.45) is -0.268. The largest absolute Gasteiger partial charge is 0.392 e. The van der Waals surface area contributed by atoms with Crippen molar-refractivity contribution in [1.82, 2.24) is 4.72 Å². The Bertz CT molecular complexity index is 518. The highest BCUT2D eigenvalue weighted by atomic mass is 32.2. The van der Waals surface area contributed by atoms with Gasteiger partial charge in [-0.25, -0.2) is 13.1 Å². The van der Waals surface area contributed by atoms with Gasteiger partial charge in [0.25, 0.3) is 0 Å². The standard InChI is InChI=1S/C14H23NO3S/c1-5-15-19(17,18)12-9-7-6-8-11(12)10-13(16)14(2,3)4/h6-9,13,15-16H,5,10H2,1-4H3. The third kappa shape index (κ3) is 4.30. The molecule has 0 amide bonds. The fraction of sp³-hybridized carbons (Fsp3) is 0.571. The van der Waals surface area contributed by atoms with Gasteiger partial charge in [-0.1, -0.05) is 45.9 Å². The van der Waals surface area contributed by atoms with Crippen LogP contribution in [0.25, 0.3) is 0 Å². The van der Waals surface area contributed by atoms with E-state index in [-0.39, 0.29) is 10.3 Å². The zero-order valence-corrected chi connectivity index (χ0v) is 12.8. The minimum absolute atomic E-state index is 0.250. The average Bonchev–Trinajstić information content (AvgIpc) is 2.28. The Morgan fingerprint density at radius 2 is 1.84 bits per heavy atom. The summed E-state index contributed by atoms with van der Waals surface area (Å²) in [4.78, 5) is 0.250. The first kappa shape index (κ1) is 16.1. The van der Waals surface area contributed by atoms with E-state index in [1.807, 2.05) is 20.8 Å². The van der Waals surface area contributed by atoms with Crippen molar-refractivity contribution in [3.05, 3.63) is 29.8 Å². The molecule has 0 bridgehead atoms. The van der Waals surface area contributed by atoms with Crippen LogP contribution in [0.4, 0.5) is 0 Å². The van der Waals surface area contributed by atoms with Crippen LogP contribution in [0.3, 0.4) is 0 Å². The van der Waals surface area contributed by atoms with Crippen LogP contribution in [-0.4, -0.2) is 26.2 Å². The van der Waals surface area contributed by atoms with Crippen molar-refractivity contribution in [2.75, 3.05) is 6.54 Å². The van der Waals surface area contributed by atoms with Crippen molar-refractivity contribution in [3.63, 3.8) is 0 Å². The first-order chi connectivity index (χ1) is 8.68. The minimum atomic E-state index is -3.49. The number of nitrogens with one attached hydrogen (secondary N) is 1. The van der Waals surface area contributed by atoms with Crippen LogP contribution in [0.15, 0.2) is 29.2 Å². The molecule has 0 aromatic heterocycles. The molecule has 0 saturated heterocycles. The van der Waals surface area contributed by atoms with Gasteiger partial charge in [0, 0.05) is 13.0 Å². The molecule has 19 heavy (non-hydrogen) atoms. The third-order valence-corrected chi connectivity index (χ3v) is 4.66. The second-order valence-corrected chi connectivity index (χ2v) is 7.43. The molecule has 0 spiro atoms. The Hall–Kier alpha value is -0.910. The molecule has 1 aromatic carbocycles. The van der Waals surface area contributed by atoms with Gasteiger partial charge in [0.15, 0.2) is 0 Å². The molecule has 0 aliphatic heterocycles. The monoisotopic (exact) mass is 285 g/mol. The topological polar surface area (TPSA) is 66.4 Å². The van der Waals surface area contributed by atoms with Crippen LogP contribution >= 0.6 is 0 Å². The van der Waals surface area contributed by atoms with Gasteiger partial charge >= 0.3 is 0 Å². The molecule has 2 N–H and O–H groups in total. The van der Waals surface area contributed by atoms with Crippen molar-refractivity contribution in [2.45, 2.75) is 45.1 Å². The van der Waals surface area contributed by atoms with Crippen LogP contribution in [0, 0.1) is 5.41 Å². The first-order valence-electron chi connectivity index (χ1n) is 6.44. The predicted octanol–water partition coefficient (Wildman–Crippen LogP) is 1.93. The summed E-state index contributed by atoms with van der Waals surface area (Å²) in [6.45, 7) is 7.87. The first-order valence-corrected chi connectivity index (χ1v) is 7.92. The summed E-state index contributed by atoms with van der Waals surface area (Å²) in [6, 6.07) is 6.80. The summed E-state index contributed by atoms with van der Waals surface area (Å²) >= 11 is 0. The van der Waals surface area contributed by atoms with Crippen LogP contribution in [0.2, 0.25) is 0 Å². The quantitative estimate of drug-likeness (QED) is 0.869. The van der Waals surface area contributed by atoms with Gasteiger partial charge in [-0.15, -0.1) is 0 Å². The number of aliphatic hydroxyl groups is 1. The highest BCUT2D eigenvalue weighted by molar-refractivity contribution is 7.89. The number of rotatable bonds is 5. The van der Waals surface area contributed by atoms with Gasteiger partial charge in [-0.3, -0.25) is 0 Å². The van der Waals surface area contributed by atoms with Crippen molar-refractivity contribution in [1.29, 1.82) is 0 Å². The maximum atomic E-state index is 12.1.